The number of anilines is 2. The molecule has 1 aliphatic heterocycles. The minimum Gasteiger partial charge on any atom is -0.287 e. The van der Waals surface area contributed by atoms with Gasteiger partial charge in [-0.2, -0.15) is 0 Å². The highest BCUT2D eigenvalue weighted by Crippen LogP contribution is 2.30. The van der Waals surface area contributed by atoms with Crippen molar-refractivity contribution in [2.45, 2.75) is 0 Å². The van der Waals surface area contributed by atoms with Crippen LogP contribution in [0, 0.1) is 4.91 Å². The molecule has 1 N–H and O–H groups in total. The highest BCUT2D eigenvalue weighted by molar-refractivity contribution is 6.16. The lowest BCUT2D eigenvalue weighted by Gasteiger charge is -2.34. The van der Waals surface area contributed by atoms with Gasteiger partial charge in [0.15, 0.2) is 10.6 Å². The van der Waals surface area contributed by atoms with Gasteiger partial charge in [-0.1, -0.05) is 97.1 Å². The van der Waals surface area contributed by atoms with E-state index >= 15 is 0 Å². The van der Waals surface area contributed by atoms with Gasteiger partial charge in [0.1, 0.15) is 5.69 Å². The van der Waals surface area contributed by atoms with E-state index in [4.69, 9.17) is 0 Å². The summed E-state index contributed by atoms with van der Waals surface area (Å²) < 4.78 is 0. The molecule has 0 unspecified atom stereocenters. The molecule has 0 saturated heterocycles. The maximum absolute atomic E-state index is 14.0. The molecule has 7 nitrogen and oxygen atoms in total. The first-order valence-corrected chi connectivity index (χ1v) is 11.0. The molecule has 0 fully saturated rings. The molecular weight excluding hydrogens is 440 g/mol. The van der Waals surface area contributed by atoms with E-state index in [1.165, 1.54) is 10.2 Å². The Hall–Kier alpha value is -5.04. The molecule has 0 aliphatic carbocycles. The number of rotatable bonds is 6. The van der Waals surface area contributed by atoms with E-state index in [1.54, 1.807) is 97.1 Å². The molecule has 0 atom stereocenters. The van der Waals surface area contributed by atoms with Crippen LogP contribution in [0.25, 0.3) is 0 Å². The second kappa shape index (κ2) is 9.44. The van der Waals surface area contributed by atoms with E-state index in [0.717, 1.165) is 0 Å². The average Bonchev–Trinajstić information content (AvgIpc) is 2.93. The van der Waals surface area contributed by atoms with Crippen LogP contribution in [0.5, 0.6) is 0 Å². The number of hydrogen-bond donors (Lipinski definition) is 1. The maximum Gasteiger partial charge on any atom is 0.370 e. The van der Waals surface area contributed by atoms with Crippen LogP contribution in [0.3, 0.4) is 0 Å². The quantitative estimate of drug-likeness (QED) is 0.318. The van der Waals surface area contributed by atoms with E-state index in [0.29, 0.717) is 27.4 Å². The average molecular weight is 462 g/mol. The predicted octanol–water partition coefficient (Wildman–Crippen LogP) is 5.10. The van der Waals surface area contributed by atoms with Crippen molar-refractivity contribution in [2.24, 2.45) is 0 Å². The lowest BCUT2D eigenvalue weighted by atomic mass is 10.0. The zero-order chi connectivity index (χ0) is 24.2. The summed E-state index contributed by atoms with van der Waals surface area (Å²) in [5, 5.41) is 2.74. The Morgan fingerprint density at radius 3 is 1.51 bits per heavy atom. The number of para-hydroxylation sites is 2. The minimum atomic E-state index is -0.568. The number of nitroso groups, excluding NO2 is 1. The second-order valence-corrected chi connectivity index (χ2v) is 7.77. The van der Waals surface area contributed by atoms with E-state index in [-0.39, 0.29) is 11.4 Å². The smallest absolute Gasteiger partial charge is 0.287 e. The zero-order valence-corrected chi connectivity index (χ0v) is 18.6. The lowest BCUT2D eigenvalue weighted by Crippen LogP contribution is -2.61. The molecule has 5 rings (SSSR count). The normalized spacial score (nSPS) is 13.4. The van der Waals surface area contributed by atoms with E-state index in [2.05, 4.69) is 5.43 Å². The van der Waals surface area contributed by atoms with Crippen molar-refractivity contribution in [3.05, 3.63) is 149 Å². The summed E-state index contributed by atoms with van der Waals surface area (Å²) in [6.07, 6.45) is 0. The summed E-state index contributed by atoms with van der Waals surface area (Å²) in [5.41, 5.74) is 4.40. The molecule has 1 heterocycles. The third kappa shape index (κ3) is 4.18. The molecule has 170 valence electrons. The van der Waals surface area contributed by atoms with Gasteiger partial charge in [-0.3, -0.25) is 15.0 Å². The number of Topliss-reactive ketones (excluding diaryl/α,β-unsaturated/α-hetero) is 2. The summed E-state index contributed by atoms with van der Waals surface area (Å²) in [7, 11) is 0. The van der Waals surface area contributed by atoms with Gasteiger partial charge in [0.2, 0.25) is 5.78 Å². The van der Waals surface area contributed by atoms with Crippen LogP contribution in [-0.4, -0.2) is 16.4 Å². The SMILES string of the molecule is O=C(C1=C(C(=O)c2ccccc2)[N+](=O)N(c2ccccc2)N(c2ccccc2)N1)c1ccccc1. The Kier molecular flexibility index (Phi) is 5.88. The molecule has 0 radical (unpaired) electrons. The number of benzene rings is 4. The molecule has 35 heavy (non-hydrogen) atoms. The van der Waals surface area contributed by atoms with Gasteiger partial charge in [-0.05, 0) is 24.3 Å². The van der Waals surface area contributed by atoms with Crippen molar-refractivity contribution < 1.29 is 14.5 Å². The van der Waals surface area contributed by atoms with Crippen molar-refractivity contribution in [3.8, 4) is 0 Å². The first-order valence-electron chi connectivity index (χ1n) is 11.0. The van der Waals surface area contributed by atoms with Crippen molar-refractivity contribution in [3.63, 3.8) is 0 Å². The molecule has 7 heteroatoms. The number of carbonyl (C=O) groups is 2. The van der Waals surface area contributed by atoms with Crippen molar-refractivity contribution in [1.82, 2.24) is 5.43 Å². The number of allylic oxidation sites excluding steroid dienone is 2. The molecule has 0 bridgehead atoms. The molecular formula is C28H21N4O3+. The molecule has 4 aromatic rings. The molecule has 0 aromatic heterocycles. The minimum absolute atomic E-state index is 0.115. The van der Waals surface area contributed by atoms with Crippen LogP contribution in [0.4, 0.5) is 11.4 Å². The first kappa shape index (κ1) is 21.8. The summed E-state index contributed by atoms with van der Waals surface area (Å²) >= 11 is 0. The molecule has 0 saturated carbocycles. The molecule has 1 aliphatic rings. The largest absolute Gasteiger partial charge is 0.370 e. The van der Waals surface area contributed by atoms with Gasteiger partial charge in [0.05, 0.1) is 10.6 Å². The number of nitrogens with zero attached hydrogens (tertiary/aromatic N) is 3. The Balaban J connectivity index is 1.72. The van der Waals surface area contributed by atoms with E-state index < -0.39 is 11.6 Å². The Morgan fingerprint density at radius 2 is 1.00 bits per heavy atom. The van der Waals surface area contributed by atoms with E-state index in [9.17, 15) is 14.5 Å². The van der Waals surface area contributed by atoms with Crippen LogP contribution < -0.4 is 15.7 Å². The van der Waals surface area contributed by atoms with Crippen LogP contribution >= 0.6 is 0 Å². The number of hydrogen-bond acceptors (Lipinski definition) is 5. The maximum atomic E-state index is 14.0. The number of nitrogens with one attached hydrogen (secondary N) is 1. The number of ketones is 2. The fourth-order valence-electron chi connectivity index (χ4n) is 3.82. The molecule has 0 spiro atoms. The zero-order valence-electron chi connectivity index (χ0n) is 18.6. The van der Waals surface area contributed by atoms with Crippen LogP contribution in [0.1, 0.15) is 20.7 Å². The topological polar surface area (TPSA) is 72.7 Å². The summed E-state index contributed by atoms with van der Waals surface area (Å²) in [4.78, 5) is 41.7. The highest BCUT2D eigenvalue weighted by Gasteiger charge is 2.48. The number of hydrazine groups is 3. The van der Waals surface area contributed by atoms with Gasteiger partial charge in [0, 0.05) is 16.2 Å². The third-order valence-electron chi connectivity index (χ3n) is 5.51. The van der Waals surface area contributed by atoms with Gasteiger partial charge in [-0.15, -0.1) is 5.12 Å². The predicted molar refractivity (Wildman–Crippen MR) is 133 cm³/mol. The fourth-order valence-corrected chi connectivity index (χ4v) is 3.82. The molecule has 0 amide bonds. The summed E-state index contributed by atoms with van der Waals surface area (Å²) in [6, 6.07) is 35.0. The van der Waals surface area contributed by atoms with Gasteiger partial charge in [0.25, 0.3) is 5.78 Å². The second-order valence-electron chi connectivity index (χ2n) is 7.77. The van der Waals surface area contributed by atoms with Crippen molar-refractivity contribution >= 4 is 22.9 Å². The lowest BCUT2D eigenvalue weighted by molar-refractivity contribution is -0.514. The first-order chi connectivity index (χ1) is 17.1. The Bertz CT molecular complexity index is 1410. The van der Waals surface area contributed by atoms with Gasteiger partial charge >= 0.3 is 5.70 Å². The van der Waals surface area contributed by atoms with Gasteiger partial charge in [-0.25, -0.2) is 0 Å². The summed E-state index contributed by atoms with van der Waals surface area (Å²) in [5.74, 6) is -1.04. The van der Waals surface area contributed by atoms with Crippen LogP contribution in [0.2, 0.25) is 0 Å². The van der Waals surface area contributed by atoms with Crippen molar-refractivity contribution in [2.75, 3.05) is 10.2 Å². The Labute approximate surface area is 202 Å². The Morgan fingerprint density at radius 1 is 0.571 bits per heavy atom. The highest BCUT2D eigenvalue weighted by atomic mass is 16.4. The van der Waals surface area contributed by atoms with Gasteiger partial charge < -0.3 is 0 Å². The van der Waals surface area contributed by atoms with Crippen LogP contribution in [0.15, 0.2) is 133 Å². The molecule has 4 aromatic carbocycles. The standard InChI is InChI=1S/C28H20N4O3/c33-27(21-13-5-1-6-14-21)25-26(28(34)22-15-7-2-8-16-22)32(35)31(24-19-11-4-12-20-24)30(29-25)23-17-9-3-10-18-23/h1-20H/p+1. The van der Waals surface area contributed by atoms with Crippen molar-refractivity contribution in [1.29, 1.82) is 0 Å². The fraction of sp³-hybridized carbons (Fsp3) is 0. The van der Waals surface area contributed by atoms with Crippen LogP contribution in [-0.2, 0) is 0 Å². The van der Waals surface area contributed by atoms with E-state index in [1.807, 2.05) is 24.3 Å². The monoisotopic (exact) mass is 461 g/mol. The summed E-state index contributed by atoms with van der Waals surface area (Å²) in [6.45, 7) is 0. The number of carbonyl (C=O) groups excluding carboxylic acids is 2. The third-order valence-corrected chi connectivity index (χ3v) is 5.51.